The topological polar surface area (TPSA) is 24.9 Å². The molecular formula is C14H18N2S. The molecule has 0 spiro atoms. The van der Waals surface area contributed by atoms with Gasteiger partial charge in [0.1, 0.15) is 0 Å². The molecule has 1 atom stereocenters. The first-order valence-corrected chi connectivity index (χ1v) is 6.79. The molecule has 0 saturated carbocycles. The van der Waals surface area contributed by atoms with E-state index in [2.05, 4.69) is 48.4 Å². The van der Waals surface area contributed by atoms with Crippen molar-refractivity contribution in [1.82, 2.24) is 10.3 Å². The summed E-state index contributed by atoms with van der Waals surface area (Å²) in [5, 5.41) is 3.53. The van der Waals surface area contributed by atoms with E-state index in [4.69, 9.17) is 0 Å². The van der Waals surface area contributed by atoms with Crippen molar-refractivity contribution in [2.45, 2.75) is 32.9 Å². The third-order valence-corrected chi connectivity index (χ3v) is 3.68. The van der Waals surface area contributed by atoms with E-state index in [0.29, 0.717) is 6.04 Å². The van der Waals surface area contributed by atoms with Crippen LogP contribution in [0.3, 0.4) is 0 Å². The quantitative estimate of drug-likeness (QED) is 0.876. The molecule has 0 aliphatic rings. The molecule has 3 heteroatoms. The number of nitrogens with zero attached hydrogens (tertiary/aromatic N) is 1. The fourth-order valence-electron chi connectivity index (χ4n) is 1.85. The summed E-state index contributed by atoms with van der Waals surface area (Å²) in [5.41, 5.74) is 4.68. The van der Waals surface area contributed by atoms with Crippen LogP contribution >= 0.6 is 11.3 Å². The van der Waals surface area contributed by atoms with Crippen LogP contribution in [0.2, 0.25) is 0 Å². The molecular weight excluding hydrogens is 228 g/mol. The Balaban J connectivity index is 1.85. The first-order valence-electron chi connectivity index (χ1n) is 5.91. The summed E-state index contributed by atoms with van der Waals surface area (Å²) in [6.45, 7) is 5.32. The van der Waals surface area contributed by atoms with Crippen molar-refractivity contribution >= 4 is 11.3 Å². The van der Waals surface area contributed by atoms with Crippen LogP contribution in [-0.4, -0.2) is 11.0 Å². The Bertz CT molecular complexity index is 451. The van der Waals surface area contributed by atoms with Gasteiger partial charge in [-0.1, -0.05) is 24.3 Å². The molecule has 0 amide bonds. The van der Waals surface area contributed by atoms with Gasteiger partial charge in [-0.3, -0.25) is 4.98 Å². The molecule has 0 aliphatic carbocycles. The first kappa shape index (κ1) is 12.3. The summed E-state index contributed by atoms with van der Waals surface area (Å²) in [5.74, 6) is 0. The monoisotopic (exact) mass is 246 g/mol. The second-order valence-corrected chi connectivity index (χ2v) is 5.35. The molecule has 90 valence electrons. The average Bonchev–Trinajstić information content (AvgIpc) is 2.82. The van der Waals surface area contributed by atoms with Crippen LogP contribution in [0.4, 0.5) is 0 Å². The van der Waals surface area contributed by atoms with Crippen LogP contribution in [0, 0.1) is 6.92 Å². The van der Waals surface area contributed by atoms with E-state index >= 15 is 0 Å². The van der Waals surface area contributed by atoms with Crippen molar-refractivity contribution in [1.29, 1.82) is 0 Å². The number of aromatic nitrogens is 1. The summed E-state index contributed by atoms with van der Waals surface area (Å²) in [7, 11) is 0. The van der Waals surface area contributed by atoms with Crippen molar-refractivity contribution in [3.63, 3.8) is 0 Å². The van der Waals surface area contributed by atoms with Gasteiger partial charge in [-0.15, -0.1) is 11.3 Å². The van der Waals surface area contributed by atoms with Crippen LogP contribution in [-0.2, 0) is 13.0 Å². The molecule has 1 heterocycles. The van der Waals surface area contributed by atoms with Crippen LogP contribution in [0.25, 0.3) is 0 Å². The highest BCUT2D eigenvalue weighted by Gasteiger charge is 2.05. The van der Waals surface area contributed by atoms with Crippen molar-refractivity contribution in [3.8, 4) is 0 Å². The molecule has 0 aliphatic heterocycles. The van der Waals surface area contributed by atoms with Crippen molar-refractivity contribution < 1.29 is 0 Å². The second kappa shape index (κ2) is 5.94. The van der Waals surface area contributed by atoms with Gasteiger partial charge >= 0.3 is 0 Å². The summed E-state index contributed by atoms with van der Waals surface area (Å²) in [4.78, 5) is 5.37. The van der Waals surface area contributed by atoms with Gasteiger partial charge in [-0.05, 0) is 31.4 Å². The number of aryl methyl sites for hydroxylation is 1. The van der Waals surface area contributed by atoms with Crippen LogP contribution < -0.4 is 5.32 Å². The Labute approximate surface area is 107 Å². The number of nitrogens with one attached hydrogen (secondary N) is 1. The maximum absolute atomic E-state index is 4.08. The maximum atomic E-state index is 4.08. The lowest BCUT2D eigenvalue weighted by molar-refractivity contribution is 0.547. The highest BCUT2D eigenvalue weighted by atomic mass is 32.1. The maximum Gasteiger partial charge on any atom is 0.0794 e. The minimum absolute atomic E-state index is 0.484. The van der Waals surface area contributed by atoms with E-state index in [1.54, 1.807) is 11.3 Å². The van der Waals surface area contributed by atoms with Gasteiger partial charge in [0.2, 0.25) is 0 Å². The lowest BCUT2D eigenvalue weighted by Gasteiger charge is -2.14. The molecule has 1 aromatic heterocycles. The molecule has 0 bridgehead atoms. The van der Waals surface area contributed by atoms with Crippen molar-refractivity contribution in [3.05, 3.63) is 52.0 Å². The second-order valence-electron chi connectivity index (χ2n) is 4.38. The highest BCUT2D eigenvalue weighted by Crippen LogP contribution is 2.10. The van der Waals surface area contributed by atoms with Gasteiger partial charge in [0.15, 0.2) is 0 Å². The fourth-order valence-corrected chi connectivity index (χ4v) is 2.39. The van der Waals surface area contributed by atoms with Crippen LogP contribution in [0.15, 0.2) is 36.0 Å². The van der Waals surface area contributed by atoms with Crippen LogP contribution in [0.5, 0.6) is 0 Å². The minimum Gasteiger partial charge on any atom is -0.309 e. The van der Waals surface area contributed by atoms with Gasteiger partial charge in [-0.2, -0.15) is 0 Å². The molecule has 2 nitrogen and oxygen atoms in total. The fraction of sp³-hybridized carbons (Fsp3) is 0.357. The van der Waals surface area contributed by atoms with E-state index in [-0.39, 0.29) is 0 Å². The van der Waals surface area contributed by atoms with Crippen molar-refractivity contribution in [2.75, 3.05) is 0 Å². The molecule has 2 rings (SSSR count). The van der Waals surface area contributed by atoms with Gasteiger partial charge in [0, 0.05) is 23.7 Å². The lowest BCUT2D eigenvalue weighted by atomic mass is 10.0. The van der Waals surface area contributed by atoms with E-state index < -0.39 is 0 Å². The zero-order valence-corrected chi connectivity index (χ0v) is 11.1. The first-order chi connectivity index (χ1) is 8.25. The normalized spacial score (nSPS) is 12.6. The van der Waals surface area contributed by atoms with Gasteiger partial charge < -0.3 is 5.32 Å². The standard InChI is InChI=1S/C14H18N2S/c1-11-5-3-4-6-13(11)7-12(2)16-9-14-8-15-10-17-14/h3-6,8,10,12,16H,7,9H2,1-2H3. The zero-order chi connectivity index (χ0) is 12.1. The predicted molar refractivity (Wildman–Crippen MR) is 73.3 cm³/mol. The number of benzene rings is 1. The minimum atomic E-state index is 0.484. The number of thiazole rings is 1. The van der Waals surface area contributed by atoms with E-state index in [9.17, 15) is 0 Å². The Morgan fingerprint density at radius 1 is 1.35 bits per heavy atom. The number of hydrogen-bond acceptors (Lipinski definition) is 3. The molecule has 1 N–H and O–H groups in total. The number of rotatable bonds is 5. The number of hydrogen-bond donors (Lipinski definition) is 1. The molecule has 0 fully saturated rings. The largest absolute Gasteiger partial charge is 0.309 e. The molecule has 1 aromatic carbocycles. The Kier molecular flexibility index (Phi) is 4.29. The smallest absolute Gasteiger partial charge is 0.0794 e. The zero-order valence-electron chi connectivity index (χ0n) is 10.3. The van der Waals surface area contributed by atoms with Crippen LogP contribution in [0.1, 0.15) is 22.9 Å². The Morgan fingerprint density at radius 3 is 2.88 bits per heavy atom. The Hall–Kier alpha value is -1.19. The third kappa shape index (κ3) is 3.65. The third-order valence-electron chi connectivity index (χ3n) is 2.90. The van der Waals surface area contributed by atoms with E-state index in [1.165, 1.54) is 16.0 Å². The van der Waals surface area contributed by atoms with Gasteiger partial charge in [0.25, 0.3) is 0 Å². The van der Waals surface area contributed by atoms with Gasteiger partial charge in [0.05, 0.1) is 5.51 Å². The summed E-state index contributed by atoms with van der Waals surface area (Å²) in [6.07, 6.45) is 3.00. The summed E-state index contributed by atoms with van der Waals surface area (Å²) >= 11 is 1.70. The van der Waals surface area contributed by atoms with Crippen molar-refractivity contribution in [2.24, 2.45) is 0 Å². The molecule has 0 radical (unpaired) electrons. The molecule has 2 aromatic rings. The molecule has 17 heavy (non-hydrogen) atoms. The average molecular weight is 246 g/mol. The predicted octanol–water partition coefficient (Wildman–Crippen LogP) is 3.17. The van der Waals surface area contributed by atoms with E-state index in [0.717, 1.165) is 13.0 Å². The SMILES string of the molecule is Cc1ccccc1CC(C)NCc1cncs1. The molecule has 1 unspecified atom stereocenters. The Morgan fingerprint density at radius 2 is 2.18 bits per heavy atom. The van der Waals surface area contributed by atoms with E-state index in [1.807, 2.05) is 11.7 Å². The molecule has 0 saturated heterocycles. The van der Waals surface area contributed by atoms with Gasteiger partial charge in [-0.25, -0.2) is 0 Å². The highest BCUT2D eigenvalue weighted by molar-refractivity contribution is 7.09. The lowest BCUT2D eigenvalue weighted by Crippen LogP contribution is -2.27. The summed E-state index contributed by atoms with van der Waals surface area (Å²) in [6, 6.07) is 9.07. The summed E-state index contributed by atoms with van der Waals surface area (Å²) < 4.78 is 0.